The number of rotatable bonds is 8. The molecule has 114 valence electrons. The smallest absolute Gasteiger partial charge is 0.228 e. The van der Waals surface area contributed by atoms with Gasteiger partial charge in [-0.15, -0.1) is 0 Å². The molecule has 1 heterocycles. The minimum Gasteiger partial charge on any atom is -0.339 e. The molecule has 1 aromatic heterocycles. The van der Waals surface area contributed by atoms with Gasteiger partial charge in [0.25, 0.3) is 0 Å². The Hall–Kier alpha value is -1.68. The highest BCUT2D eigenvalue weighted by Gasteiger charge is 2.16. The van der Waals surface area contributed by atoms with Gasteiger partial charge in [-0.3, -0.25) is 0 Å². The van der Waals surface area contributed by atoms with Crippen molar-refractivity contribution >= 4 is 0 Å². The van der Waals surface area contributed by atoms with Crippen molar-refractivity contribution in [3.05, 3.63) is 36.2 Å². The van der Waals surface area contributed by atoms with Gasteiger partial charge in [0.2, 0.25) is 11.7 Å². The van der Waals surface area contributed by atoms with E-state index in [4.69, 9.17) is 4.52 Å². The van der Waals surface area contributed by atoms with Gasteiger partial charge in [0.15, 0.2) is 0 Å². The molecular formula is C17H25N3O. The van der Waals surface area contributed by atoms with Crippen LogP contribution in [0, 0.1) is 5.92 Å². The van der Waals surface area contributed by atoms with Crippen molar-refractivity contribution in [2.75, 3.05) is 6.54 Å². The van der Waals surface area contributed by atoms with Gasteiger partial charge in [-0.2, -0.15) is 4.98 Å². The summed E-state index contributed by atoms with van der Waals surface area (Å²) in [5, 5.41) is 7.66. The van der Waals surface area contributed by atoms with Crippen LogP contribution in [0.3, 0.4) is 0 Å². The van der Waals surface area contributed by atoms with Gasteiger partial charge < -0.3 is 9.84 Å². The Kier molecular flexibility index (Phi) is 5.93. The molecule has 1 aromatic carbocycles. The minimum absolute atomic E-state index is 0.397. The maximum atomic E-state index is 5.41. The monoisotopic (exact) mass is 287 g/mol. The Balaban J connectivity index is 2.02. The molecule has 4 heteroatoms. The Bertz CT molecular complexity index is 522. The predicted molar refractivity (Wildman–Crippen MR) is 85.0 cm³/mol. The summed E-state index contributed by atoms with van der Waals surface area (Å²) in [4.78, 5) is 4.52. The van der Waals surface area contributed by atoms with Crippen molar-refractivity contribution in [3.8, 4) is 11.4 Å². The zero-order chi connectivity index (χ0) is 15.1. The fourth-order valence-electron chi connectivity index (χ4n) is 2.41. The number of nitrogens with one attached hydrogen (secondary N) is 1. The van der Waals surface area contributed by atoms with Crippen molar-refractivity contribution in [1.82, 2.24) is 15.5 Å². The molecule has 0 saturated carbocycles. The van der Waals surface area contributed by atoms with Crippen molar-refractivity contribution in [2.45, 2.75) is 46.1 Å². The van der Waals surface area contributed by atoms with Crippen molar-refractivity contribution in [1.29, 1.82) is 0 Å². The van der Waals surface area contributed by atoms with Gasteiger partial charge in [-0.25, -0.2) is 0 Å². The van der Waals surface area contributed by atoms with Crippen LogP contribution in [-0.2, 0) is 6.42 Å². The fourth-order valence-corrected chi connectivity index (χ4v) is 2.41. The van der Waals surface area contributed by atoms with Gasteiger partial charge in [0.1, 0.15) is 0 Å². The van der Waals surface area contributed by atoms with Crippen molar-refractivity contribution in [2.24, 2.45) is 5.92 Å². The Morgan fingerprint density at radius 2 is 1.95 bits per heavy atom. The summed E-state index contributed by atoms with van der Waals surface area (Å²) in [6.45, 7) is 7.68. The van der Waals surface area contributed by atoms with Gasteiger partial charge in [0, 0.05) is 18.0 Å². The van der Waals surface area contributed by atoms with Crippen LogP contribution in [-0.4, -0.2) is 22.7 Å². The second-order valence-electron chi connectivity index (χ2n) is 5.86. The molecular weight excluding hydrogens is 262 g/mol. The predicted octanol–water partition coefficient (Wildman–Crippen LogP) is 3.69. The number of hydrogen-bond donors (Lipinski definition) is 1. The summed E-state index contributed by atoms with van der Waals surface area (Å²) >= 11 is 0. The van der Waals surface area contributed by atoms with E-state index in [1.165, 1.54) is 0 Å². The fraction of sp³-hybridized carbons (Fsp3) is 0.529. The van der Waals surface area contributed by atoms with E-state index in [1.54, 1.807) is 0 Å². The van der Waals surface area contributed by atoms with E-state index in [9.17, 15) is 0 Å². The highest BCUT2D eigenvalue weighted by atomic mass is 16.5. The molecule has 2 aromatic rings. The molecule has 0 aliphatic heterocycles. The zero-order valence-corrected chi connectivity index (χ0v) is 13.2. The summed E-state index contributed by atoms with van der Waals surface area (Å²) in [6, 6.07) is 10.3. The summed E-state index contributed by atoms with van der Waals surface area (Å²) in [7, 11) is 0. The average Bonchev–Trinajstić information content (AvgIpc) is 2.93. The molecule has 1 N–H and O–H groups in total. The number of nitrogens with zero attached hydrogens (tertiary/aromatic N) is 2. The second kappa shape index (κ2) is 7.93. The van der Waals surface area contributed by atoms with E-state index < -0.39 is 0 Å². The third-order valence-electron chi connectivity index (χ3n) is 3.36. The molecule has 0 fully saturated rings. The Labute approximate surface area is 127 Å². The third kappa shape index (κ3) is 4.97. The lowest BCUT2D eigenvalue weighted by Crippen LogP contribution is -2.33. The largest absolute Gasteiger partial charge is 0.339 e. The first kappa shape index (κ1) is 15.7. The van der Waals surface area contributed by atoms with Gasteiger partial charge in [-0.05, 0) is 25.3 Å². The van der Waals surface area contributed by atoms with E-state index in [0.717, 1.165) is 31.4 Å². The standard InChI is InChI=1S/C17H25N3O/c1-4-10-18-15(11-13(2)3)12-16-19-17(20-21-16)14-8-6-5-7-9-14/h5-9,13,15,18H,4,10-12H2,1-3H3. The molecule has 0 radical (unpaired) electrons. The molecule has 0 bridgehead atoms. The van der Waals surface area contributed by atoms with E-state index in [0.29, 0.717) is 23.7 Å². The normalized spacial score (nSPS) is 12.8. The van der Waals surface area contributed by atoms with Crippen molar-refractivity contribution < 1.29 is 4.52 Å². The summed E-state index contributed by atoms with van der Waals surface area (Å²) in [6.07, 6.45) is 3.04. The van der Waals surface area contributed by atoms with Crippen molar-refractivity contribution in [3.63, 3.8) is 0 Å². The number of aromatic nitrogens is 2. The van der Waals surface area contributed by atoms with E-state index in [1.807, 2.05) is 30.3 Å². The van der Waals surface area contributed by atoms with Gasteiger partial charge in [0.05, 0.1) is 0 Å². The quantitative estimate of drug-likeness (QED) is 0.804. The second-order valence-corrected chi connectivity index (χ2v) is 5.86. The average molecular weight is 287 g/mol. The van der Waals surface area contributed by atoms with Gasteiger partial charge in [-0.1, -0.05) is 56.3 Å². The number of hydrogen-bond acceptors (Lipinski definition) is 4. The molecule has 0 saturated heterocycles. The molecule has 1 unspecified atom stereocenters. The first-order chi connectivity index (χ1) is 10.2. The summed E-state index contributed by atoms with van der Waals surface area (Å²) in [5.74, 6) is 2.03. The highest BCUT2D eigenvalue weighted by Crippen LogP contribution is 2.16. The van der Waals surface area contributed by atoms with Crippen LogP contribution in [0.15, 0.2) is 34.9 Å². The third-order valence-corrected chi connectivity index (χ3v) is 3.36. The molecule has 21 heavy (non-hydrogen) atoms. The van der Waals surface area contributed by atoms with Gasteiger partial charge >= 0.3 is 0 Å². The highest BCUT2D eigenvalue weighted by molar-refractivity contribution is 5.53. The number of benzene rings is 1. The Morgan fingerprint density at radius 1 is 1.19 bits per heavy atom. The summed E-state index contributed by atoms with van der Waals surface area (Å²) in [5.41, 5.74) is 0.995. The van der Waals surface area contributed by atoms with Crippen LogP contribution in [0.4, 0.5) is 0 Å². The van der Waals surface area contributed by atoms with E-state index in [-0.39, 0.29) is 0 Å². The van der Waals surface area contributed by atoms with Crippen LogP contribution >= 0.6 is 0 Å². The van der Waals surface area contributed by atoms with Crippen LogP contribution in [0.1, 0.15) is 39.5 Å². The molecule has 0 amide bonds. The first-order valence-corrected chi connectivity index (χ1v) is 7.80. The van der Waals surface area contributed by atoms with E-state index >= 15 is 0 Å². The van der Waals surface area contributed by atoms with E-state index in [2.05, 4.69) is 36.2 Å². The maximum absolute atomic E-state index is 5.41. The molecule has 0 aliphatic rings. The molecule has 0 spiro atoms. The zero-order valence-electron chi connectivity index (χ0n) is 13.2. The van der Waals surface area contributed by atoms with Crippen LogP contribution in [0.2, 0.25) is 0 Å². The first-order valence-electron chi connectivity index (χ1n) is 7.80. The lowest BCUT2D eigenvalue weighted by molar-refractivity contribution is 0.338. The topological polar surface area (TPSA) is 51.0 Å². The Morgan fingerprint density at radius 3 is 2.62 bits per heavy atom. The lowest BCUT2D eigenvalue weighted by atomic mass is 10.0. The minimum atomic E-state index is 0.397. The molecule has 1 atom stereocenters. The molecule has 4 nitrogen and oxygen atoms in total. The lowest BCUT2D eigenvalue weighted by Gasteiger charge is -2.18. The van der Waals surface area contributed by atoms with Crippen LogP contribution in [0.5, 0.6) is 0 Å². The van der Waals surface area contributed by atoms with Crippen LogP contribution in [0.25, 0.3) is 11.4 Å². The van der Waals surface area contributed by atoms with Crippen LogP contribution < -0.4 is 5.32 Å². The SMILES string of the molecule is CCCNC(Cc1nc(-c2ccccc2)no1)CC(C)C. The molecule has 2 rings (SSSR count). The molecule has 0 aliphatic carbocycles. The maximum Gasteiger partial charge on any atom is 0.228 e. The summed E-state index contributed by atoms with van der Waals surface area (Å²) < 4.78 is 5.41.